The molecule has 4 aromatic carbocycles. The van der Waals surface area contributed by atoms with Crippen molar-refractivity contribution in [3.8, 4) is 22.6 Å². The molecule has 0 saturated heterocycles. The zero-order chi connectivity index (χ0) is 35.2. The lowest BCUT2D eigenvalue weighted by molar-refractivity contribution is 0.118. The summed E-state index contributed by atoms with van der Waals surface area (Å²) in [5, 5.41) is 13.6. The van der Waals surface area contributed by atoms with Crippen LogP contribution >= 0.6 is 23.1 Å². The van der Waals surface area contributed by atoms with E-state index >= 15 is 0 Å². The first-order chi connectivity index (χ1) is 24.4. The Bertz CT molecular complexity index is 1870. The van der Waals surface area contributed by atoms with Crippen LogP contribution in [0.4, 0.5) is 0 Å². The fraction of sp³-hybridized carbons (Fsp3) is 0.317. The van der Waals surface area contributed by atoms with Crippen molar-refractivity contribution in [1.29, 1.82) is 0 Å². The highest BCUT2D eigenvalue weighted by atomic mass is 32.2. The number of aliphatic hydroxyl groups is 1. The molecule has 0 radical (unpaired) electrons. The summed E-state index contributed by atoms with van der Waals surface area (Å²) in [4.78, 5) is 2.48. The van der Waals surface area contributed by atoms with Gasteiger partial charge in [-0.1, -0.05) is 106 Å². The van der Waals surface area contributed by atoms with Crippen molar-refractivity contribution >= 4 is 33.2 Å². The molecule has 0 fully saturated rings. The van der Waals surface area contributed by atoms with Crippen molar-refractivity contribution in [3.63, 3.8) is 0 Å². The number of ether oxygens (including phenoxy) is 2. The van der Waals surface area contributed by atoms with Crippen molar-refractivity contribution in [2.45, 2.75) is 86.2 Å². The number of thiophene rings is 1. The first-order valence-corrected chi connectivity index (χ1v) is 20.4. The van der Waals surface area contributed by atoms with Gasteiger partial charge in [-0.15, -0.1) is 11.3 Å². The van der Waals surface area contributed by atoms with E-state index < -0.39 is 16.2 Å². The third kappa shape index (κ3) is 10.7. The van der Waals surface area contributed by atoms with Crippen molar-refractivity contribution in [2.75, 3.05) is 13.2 Å². The molecular formula is C41H46O6S3. The number of para-hydroxylation sites is 1. The van der Waals surface area contributed by atoms with E-state index in [1.54, 1.807) is 53.8 Å². The molecule has 0 aliphatic carbocycles. The molecule has 1 unspecified atom stereocenters. The molecular weight excluding hydrogens is 685 g/mol. The van der Waals surface area contributed by atoms with Gasteiger partial charge in [-0.2, -0.15) is 8.42 Å². The van der Waals surface area contributed by atoms with Crippen LogP contribution in [0.3, 0.4) is 0 Å². The minimum atomic E-state index is -4.24. The van der Waals surface area contributed by atoms with E-state index in [1.165, 1.54) is 37.4 Å². The molecule has 0 amide bonds. The topological polar surface area (TPSA) is 82.1 Å². The highest BCUT2D eigenvalue weighted by Crippen LogP contribution is 2.40. The second-order valence-corrected chi connectivity index (χ2v) is 15.7. The number of unbranched alkanes of at least 4 members (excludes halogenated alkanes) is 5. The van der Waals surface area contributed by atoms with Gasteiger partial charge in [0.05, 0.1) is 13.2 Å². The van der Waals surface area contributed by atoms with E-state index in [4.69, 9.17) is 13.7 Å². The third-order valence-electron chi connectivity index (χ3n) is 8.17. The fourth-order valence-electron chi connectivity index (χ4n) is 5.44. The van der Waals surface area contributed by atoms with Gasteiger partial charge in [0.15, 0.2) is 0 Å². The van der Waals surface area contributed by atoms with E-state index in [0.29, 0.717) is 29.2 Å². The molecule has 6 nitrogen and oxygen atoms in total. The van der Waals surface area contributed by atoms with Crippen molar-refractivity contribution in [1.82, 2.24) is 0 Å². The molecule has 9 heteroatoms. The molecule has 264 valence electrons. The molecule has 0 saturated carbocycles. The summed E-state index contributed by atoms with van der Waals surface area (Å²) in [6.45, 7) is 6.23. The Morgan fingerprint density at radius 3 is 2.28 bits per heavy atom. The maximum absolute atomic E-state index is 13.9. The number of hydrogen-bond acceptors (Lipinski definition) is 8. The lowest BCUT2D eigenvalue weighted by atomic mass is 9.94. The van der Waals surface area contributed by atoms with Crippen LogP contribution in [0.1, 0.15) is 80.9 Å². The Kier molecular flexibility index (Phi) is 14.4. The van der Waals surface area contributed by atoms with Gasteiger partial charge < -0.3 is 18.8 Å². The van der Waals surface area contributed by atoms with Crippen molar-refractivity contribution in [3.05, 3.63) is 125 Å². The average Bonchev–Trinajstić information content (AvgIpc) is 3.61. The summed E-state index contributed by atoms with van der Waals surface area (Å²) in [5.74, 6) is 1.00. The predicted octanol–water partition coefficient (Wildman–Crippen LogP) is 11.1. The zero-order valence-electron chi connectivity index (χ0n) is 28.8. The zero-order valence-corrected chi connectivity index (χ0v) is 31.2. The van der Waals surface area contributed by atoms with Crippen LogP contribution in [0.5, 0.6) is 11.5 Å². The lowest BCUT2D eigenvalue weighted by Gasteiger charge is -2.17. The molecule has 0 aliphatic heterocycles. The first kappa shape index (κ1) is 37.7. The molecule has 5 aromatic rings. The number of aliphatic hydroxyl groups excluding tert-OH is 1. The van der Waals surface area contributed by atoms with Gasteiger partial charge in [-0.05, 0) is 95.1 Å². The van der Waals surface area contributed by atoms with Crippen LogP contribution in [0.15, 0.2) is 123 Å². The van der Waals surface area contributed by atoms with E-state index in [1.807, 2.05) is 66.0 Å². The standard InChI is InChI=1S/C41H46O6S3/c1-3-5-7-8-14-25-45-29-36-27-32(30-48-36)41(42)38-18-13-12-17-37(38)31-19-24-39(49-35-22-20-33(21-23-35)46-26-6-4-2)40(28-31)50(43,44)47-34-15-10-9-11-16-34/h9-13,15-24,27-28,30,41-42H,3-8,14,25-26,29H2,1-2H3. The molecule has 5 rings (SSSR count). The molecule has 1 N–H and O–H groups in total. The van der Waals surface area contributed by atoms with Crippen LogP contribution in [0, 0.1) is 0 Å². The summed E-state index contributed by atoms with van der Waals surface area (Å²) in [6, 6.07) is 31.0. The molecule has 1 atom stereocenters. The smallest absolute Gasteiger partial charge is 0.340 e. The summed E-state index contributed by atoms with van der Waals surface area (Å²) < 4.78 is 45.1. The summed E-state index contributed by atoms with van der Waals surface area (Å²) in [7, 11) is -4.24. The molecule has 0 bridgehead atoms. The summed E-state index contributed by atoms with van der Waals surface area (Å²) >= 11 is 2.91. The van der Waals surface area contributed by atoms with Crippen molar-refractivity contribution < 1.29 is 27.2 Å². The number of rotatable bonds is 20. The normalized spacial score (nSPS) is 12.1. The second-order valence-electron chi connectivity index (χ2n) is 12.1. The van der Waals surface area contributed by atoms with Crippen molar-refractivity contribution in [2.24, 2.45) is 0 Å². The number of hydrogen-bond donors (Lipinski definition) is 1. The van der Waals surface area contributed by atoms with Crippen LogP contribution in [-0.4, -0.2) is 26.7 Å². The van der Waals surface area contributed by atoms with Crippen LogP contribution < -0.4 is 8.92 Å². The largest absolute Gasteiger partial charge is 0.494 e. The minimum absolute atomic E-state index is 0.0427. The van der Waals surface area contributed by atoms with E-state index in [9.17, 15) is 13.5 Å². The second kappa shape index (κ2) is 19.1. The maximum atomic E-state index is 13.9. The van der Waals surface area contributed by atoms with Gasteiger partial charge in [0.25, 0.3) is 0 Å². The number of benzene rings is 4. The average molecular weight is 731 g/mol. The predicted molar refractivity (Wildman–Crippen MR) is 204 cm³/mol. The van der Waals surface area contributed by atoms with E-state index in [-0.39, 0.29) is 10.6 Å². The Balaban J connectivity index is 1.40. The van der Waals surface area contributed by atoms with Crippen LogP contribution in [0.2, 0.25) is 0 Å². The van der Waals surface area contributed by atoms with E-state index in [0.717, 1.165) is 52.5 Å². The maximum Gasteiger partial charge on any atom is 0.340 e. The Hall–Kier alpha value is -3.60. The van der Waals surface area contributed by atoms with E-state index in [2.05, 4.69) is 13.8 Å². The molecule has 1 heterocycles. The third-order valence-corrected chi connectivity index (χ3v) is 11.6. The Morgan fingerprint density at radius 1 is 0.760 bits per heavy atom. The molecule has 50 heavy (non-hydrogen) atoms. The summed E-state index contributed by atoms with van der Waals surface area (Å²) in [5.41, 5.74) is 2.84. The van der Waals surface area contributed by atoms with Gasteiger partial charge in [0, 0.05) is 21.3 Å². The SMILES string of the molecule is CCCCCCCOCc1cc(C(O)c2ccccc2-c2ccc(Sc3ccc(OCCCC)cc3)c(S(=O)(=O)Oc3ccccc3)c2)cs1. The highest BCUT2D eigenvalue weighted by Gasteiger charge is 2.25. The van der Waals surface area contributed by atoms with Gasteiger partial charge in [-0.25, -0.2) is 0 Å². The Labute approximate surface area is 305 Å². The minimum Gasteiger partial charge on any atom is -0.494 e. The first-order valence-electron chi connectivity index (χ1n) is 17.3. The fourth-order valence-corrected chi connectivity index (χ4v) is 8.58. The quantitative estimate of drug-likeness (QED) is 0.0630. The van der Waals surface area contributed by atoms with Gasteiger partial charge in [0.2, 0.25) is 0 Å². The van der Waals surface area contributed by atoms with Crippen LogP contribution in [-0.2, 0) is 21.5 Å². The monoisotopic (exact) mass is 730 g/mol. The molecule has 1 aromatic heterocycles. The summed E-state index contributed by atoms with van der Waals surface area (Å²) in [6.07, 6.45) is 7.10. The lowest BCUT2D eigenvalue weighted by Crippen LogP contribution is -2.11. The molecule has 0 aliphatic rings. The highest BCUT2D eigenvalue weighted by molar-refractivity contribution is 8.00. The van der Waals surface area contributed by atoms with Crippen LogP contribution in [0.25, 0.3) is 11.1 Å². The molecule has 0 spiro atoms. The van der Waals surface area contributed by atoms with Gasteiger partial charge in [-0.3, -0.25) is 0 Å². The van der Waals surface area contributed by atoms with Gasteiger partial charge in [0.1, 0.15) is 22.5 Å². The Morgan fingerprint density at radius 2 is 1.50 bits per heavy atom. The van der Waals surface area contributed by atoms with Gasteiger partial charge >= 0.3 is 10.1 Å².